The number of rotatable bonds is 5. The molecule has 0 aliphatic heterocycles. The van der Waals surface area contributed by atoms with E-state index >= 15 is 0 Å². The Balaban J connectivity index is 2.10. The highest BCUT2D eigenvalue weighted by Crippen LogP contribution is 2.24. The molecule has 2 aromatic heterocycles. The third kappa shape index (κ3) is 3.50. The van der Waals surface area contributed by atoms with Crippen LogP contribution in [0.25, 0.3) is 0 Å². The highest BCUT2D eigenvalue weighted by Gasteiger charge is 2.12. The monoisotopic (exact) mass is 373 g/mol. The Kier molecular flexibility index (Phi) is 5.11. The Labute approximate surface area is 125 Å². The maximum absolute atomic E-state index is 5.64. The summed E-state index contributed by atoms with van der Waals surface area (Å²) in [5.74, 6) is 5.64. The Morgan fingerprint density at radius 2 is 2.33 bits per heavy atom. The normalized spacial score (nSPS) is 12.6. The molecule has 0 spiro atoms. The third-order valence-electron chi connectivity index (χ3n) is 2.90. The number of aromatic nitrogens is 1. The lowest BCUT2D eigenvalue weighted by Gasteiger charge is -2.14. The fourth-order valence-corrected chi connectivity index (χ4v) is 3.20. The fraction of sp³-hybridized carbons (Fsp3) is 0.308. The molecule has 0 bridgehead atoms. The molecule has 5 heteroatoms. The van der Waals surface area contributed by atoms with Crippen molar-refractivity contribution >= 4 is 33.9 Å². The van der Waals surface area contributed by atoms with Crippen molar-refractivity contribution < 1.29 is 0 Å². The average Bonchev–Trinajstić information content (AvgIpc) is 2.83. The number of pyridine rings is 1. The summed E-state index contributed by atoms with van der Waals surface area (Å²) in [7, 11) is 0. The van der Waals surface area contributed by atoms with Gasteiger partial charge in [-0.2, -0.15) is 0 Å². The molecule has 0 aliphatic carbocycles. The van der Waals surface area contributed by atoms with Gasteiger partial charge in [0, 0.05) is 18.3 Å². The van der Waals surface area contributed by atoms with Gasteiger partial charge in [-0.25, -0.2) is 0 Å². The molecule has 0 saturated heterocycles. The zero-order chi connectivity index (χ0) is 13.0. The van der Waals surface area contributed by atoms with Gasteiger partial charge < -0.3 is 0 Å². The molecule has 1 unspecified atom stereocenters. The first-order valence-corrected chi connectivity index (χ1v) is 7.82. The molecule has 2 heterocycles. The molecule has 3 N–H and O–H groups in total. The Morgan fingerprint density at radius 1 is 1.50 bits per heavy atom. The van der Waals surface area contributed by atoms with Crippen molar-refractivity contribution in [2.45, 2.75) is 25.8 Å². The molecule has 1 atom stereocenters. The van der Waals surface area contributed by atoms with Crippen LogP contribution in [-0.2, 0) is 12.8 Å². The van der Waals surface area contributed by atoms with Crippen LogP contribution in [0.15, 0.2) is 29.8 Å². The highest BCUT2D eigenvalue weighted by atomic mass is 127. The van der Waals surface area contributed by atoms with E-state index in [9.17, 15) is 0 Å². The molecule has 0 aromatic carbocycles. The van der Waals surface area contributed by atoms with E-state index in [2.05, 4.69) is 63.5 Å². The first kappa shape index (κ1) is 13.9. The molecule has 0 saturated carbocycles. The van der Waals surface area contributed by atoms with Crippen LogP contribution in [0.2, 0.25) is 0 Å². The summed E-state index contributed by atoms with van der Waals surface area (Å²) in [6.45, 7) is 2.13. The van der Waals surface area contributed by atoms with Crippen molar-refractivity contribution in [2.24, 2.45) is 5.84 Å². The summed E-state index contributed by atoms with van der Waals surface area (Å²) < 4.78 is 1.28. The van der Waals surface area contributed by atoms with Gasteiger partial charge in [-0.15, -0.1) is 11.3 Å². The van der Waals surface area contributed by atoms with Gasteiger partial charge in [0.15, 0.2) is 0 Å². The molecular weight excluding hydrogens is 357 g/mol. The van der Waals surface area contributed by atoms with Gasteiger partial charge in [-0.1, -0.05) is 13.0 Å². The van der Waals surface area contributed by atoms with Crippen LogP contribution in [0.5, 0.6) is 0 Å². The first-order valence-electron chi connectivity index (χ1n) is 5.86. The summed E-state index contributed by atoms with van der Waals surface area (Å²) >= 11 is 4.06. The Hall–Kier alpha value is -0.500. The summed E-state index contributed by atoms with van der Waals surface area (Å²) in [4.78, 5) is 4.48. The zero-order valence-electron chi connectivity index (χ0n) is 10.2. The molecule has 2 rings (SSSR count). The van der Waals surface area contributed by atoms with Crippen LogP contribution in [0.4, 0.5) is 0 Å². The van der Waals surface area contributed by atoms with Gasteiger partial charge in [0.05, 0.1) is 8.93 Å². The predicted octanol–water partition coefficient (Wildman–Crippen LogP) is 3.06. The van der Waals surface area contributed by atoms with E-state index in [4.69, 9.17) is 5.84 Å². The number of hydrogen-bond donors (Lipinski definition) is 2. The maximum Gasteiger partial charge on any atom is 0.0656 e. The molecule has 2 aromatic rings. The smallest absolute Gasteiger partial charge is 0.0656 e. The molecule has 3 nitrogen and oxygen atoms in total. The van der Waals surface area contributed by atoms with Gasteiger partial charge in [0.1, 0.15) is 0 Å². The minimum Gasteiger partial charge on any atom is -0.271 e. The van der Waals surface area contributed by atoms with Crippen LogP contribution < -0.4 is 11.3 Å². The van der Waals surface area contributed by atoms with Crippen LogP contribution in [0.1, 0.15) is 29.8 Å². The fourth-order valence-electron chi connectivity index (χ4n) is 1.77. The molecule has 0 fully saturated rings. The molecule has 0 radical (unpaired) electrons. The predicted molar refractivity (Wildman–Crippen MR) is 84.4 cm³/mol. The van der Waals surface area contributed by atoms with E-state index in [1.807, 2.05) is 6.20 Å². The number of thiophene rings is 1. The number of hydrogen-bond acceptors (Lipinski definition) is 4. The first-order chi connectivity index (χ1) is 8.72. The lowest BCUT2D eigenvalue weighted by molar-refractivity contribution is 0.547. The minimum absolute atomic E-state index is 0.129. The summed E-state index contributed by atoms with van der Waals surface area (Å²) in [5, 5.41) is 2.15. The number of nitrogens with one attached hydrogen (secondary N) is 1. The lowest BCUT2D eigenvalue weighted by Crippen LogP contribution is -2.29. The second-order valence-corrected chi connectivity index (χ2v) is 6.92. The molecule has 0 amide bonds. The molecular formula is C13H16IN3S. The Morgan fingerprint density at radius 3 is 2.83 bits per heavy atom. The van der Waals surface area contributed by atoms with Crippen molar-refractivity contribution in [1.29, 1.82) is 0 Å². The topological polar surface area (TPSA) is 50.9 Å². The Bertz CT molecular complexity index is 495. The summed E-state index contributed by atoms with van der Waals surface area (Å²) in [5.41, 5.74) is 6.43. The number of aryl methyl sites for hydroxylation is 1. The van der Waals surface area contributed by atoms with Crippen molar-refractivity contribution in [2.75, 3.05) is 0 Å². The van der Waals surface area contributed by atoms with Gasteiger partial charge in [0.2, 0.25) is 0 Å². The second kappa shape index (κ2) is 6.60. The quantitative estimate of drug-likeness (QED) is 0.481. The SMILES string of the molecule is CCc1ccc(CC(NN)c2csc(I)c2)nc1. The van der Waals surface area contributed by atoms with E-state index in [1.165, 1.54) is 14.0 Å². The molecule has 0 aliphatic rings. The van der Waals surface area contributed by atoms with E-state index in [-0.39, 0.29) is 6.04 Å². The van der Waals surface area contributed by atoms with Crippen LogP contribution in [0, 0.1) is 2.88 Å². The average molecular weight is 373 g/mol. The third-order valence-corrected chi connectivity index (χ3v) is 4.71. The van der Waals surface area contributed by atoms with Crippen LogP contribution >= 0.6 is 33.9 Å². The highest BCUT2D eigenvalue weighted by molar-refractivity contribution is 14.1. The van der Waals surface area contributed by atoms with E-state index < -0.39 is 0 Å². The van der Waals surface area contributed by atoms with Crippen LogP contribution in [-0.4, -0.2) is 4.98 Å². The summed E-state index contributed by atoms with van der Waals surface area (Å²) in [6, 6.07) is 6.51. The number of hydrazine groups is 1. The lowest BCUT2D eigenvalue weighted by atomic mass is 10.1. The van der Waals surface area contributed by atoms with Crippen molar-refractivity contribution in [3.05, 3.63) is 49.5 Å². The minimum atomic E-state index is 0.129. The zero-order valence-corrected chi connectivity index (χ0v) is 13.2. The number of nitrogens with zero attached hydrogens (tertiary/aromatic N) is 1. The van der Waals surface area contributed by atoms with E-state index in [1.54, 1.807) is 11.3 Å². The molecule has 18 heavy (non-hydrogen) atoms. The largest absolute Gasteiger partial charge is 0.271 e. The number of nitrogens with two attached hydrogens (primary N) is 1. The maximum atomic E-state index is 5.64. The van der Waals surface area contributed by atoms with Crippen molar-refractivity contribution in [1.82, 2.24) is 10.4 Å². The second-order valence-electron chi connectivity index (χ2n) is 4.12. The van der Waals surface area contributed by atoms with E-state index in [0.29, 0.717) is 0 Å². The van der Waals surface area contributed by atoms with Gasteiger partial charge >= 0.3 is 0 Å². The van der Waals surface area contributed by atoms with E-state index in [0.717, 1.165) is 18.5 Å². The van der Waals surface area contributed by atoms with Crippen LogP contribution in [0.3, 0.4) is 0 Å². The standard InChI is InChI=1S/C13H16IN3S/c1-2-9-3-4-11(16-7-9)6-12(17-15)10-5-13(14)18-8-10/h3-5,7-8,12,17H,2,6,15H2,1H3. The van der Waals surface area contributed by atoms with Gasteiger partial charge in [-0.3, -0.25) is 16.3 Å². The van der Waals surface area contributed by atoms with Crippen molar-refractivity contribution in [3.8, 4) is 0 Å². The van der Waals surface area contributed by atoms with Crippen molar-refractivity contribution in [3.63, 3.8) is 0 Å². The van der Waals surface area contributed by atoms with Gasteiger partial charge in [-0.05, 0) is 57.7 Å². The summed E-state index contributed by atoms with van der Waals surface area (Å²) in [6.07, 6.45) is 3.78. The van der Waals surface area contributed by atoms with Gasteiger partial charge in [0.25, 0.3) is 0 Å². The number of halogens is 1. The molecule has 96 valence electrons.